The van der Waals surface area contributed by atoms with E-state index < -0.39 is 0 Å². The molecule has 1 aromatic heterocycles. The Morgan fingerprint density at radius 2 is 1.11 bits per heavy atom. The molecule has 222 valence electrons. The van der Waals surface area contributed by atoms with E-state index in [1.807, 2.05) is 18.5 Å². The summed E-state index contributed by atoms with van der Waals surface area (Å²) in [5.74, 6) is 0. The van der Waals surface area contributed by atoms with Crippen LogP contribution in [0.1, 0.15) is 49.4 Å². The van der Waals surface area contributed by atoms with Gasteiger partial charge in [-0.1, -0.05) is 142 Å². The Morgan fingerprint density at radius 3 is 1.74 bits per heavy atom. The first-order valence-electron chi connectivity index (χ1n) is 16.3. The van der Waals surface area contributed by atoms with Crippen molar-refractivity contribution in [2.24, 2.45) is 0 Å². The average Bonchev–Trinajstić information content (AvgIpc) is 3.10. The van der Waals surface area contributed by atoms with Crippen LogP contribution in [0.2, 0.25) is 0 Å². The van der Waals surface area contributed by atoms with Crippen molar-refractivity contribution in [1.82, 2.24) is 4.98 Å². The van der Waals surface area contributed by atoms with Gasteiger partial charge in [-0.2, -0.15) is 0 Å². The molecule has 1 heteroatoms. The topological polar surface area (TPSA) is 12.9 Å². The quantitative estimate of drug-likeness (QED) is 0.186. The van der Waals surface area contributed by atoms with E-state index in [1.165, 1.54) is 77.2 Å². The molecule has 8 rings (SSSR count). The fraction of sp³-hybridized carbons (Fsp3) is 0.133. The first-order chi connectivity index (χ1) is 22.4. The number of fused-ring (bicyclic) bond motifs is 3. The number of aryl methyl sites for hydroxylation is 1. The molecular formula is C45H37N. The Kier molecular flexibility index (Phi) is 6.91. The number of nitrogens with zero attached hydrogens (tertiary/aromatic N) is 1. The van der Waals surface area contributed by atoms with Gasteiger partial charge >= 0.3 is 0 Å². The fourth-order valence-electron chi connectivity index (χ4n) is 7.19. The van der Waals surface area contributed by atoms with Crippen LogP contribution in [0.3, 0.4) is 0 Å². The lowest BCUT2D eigenvalue weighted by Gasteiger charge is -2.22. The zero-order valence-corrected chi connectivity index (χ0v) is 26.7. The highest BCUT2D eigenvalue weighted by molar-refractivity contribution is 6.21. The normalized spacial score (nSPS) is 13.1. The predicted molar refractivity (Wildman–Crippen MR) is 197 cm³/mol. The summed E-state index contributed by atoms with van der Waals surface area (Å²) in [5.41, 5.74) is 14.4. The highest BCUT2D eigenvalue weighted by Gasteiger charge is 2.20. The van der Waals surface area contributed by atoms with Gasteiger partial charge in [0.05, 0.1) is 0 Å². The minimum absolute atomic E-state index is 0.124. The standard InChI is InChI=1S/C45H37N/c1-45(2,3)38-23-21-30(22-24-38)43-39-13-4-6-15-41(39)44(42-16-7-5-14-40(42)43)36-20-19-34-27-33(17-18-35(34)28-36)31-10-8-11-32(26-31)37-12-9-25-46-29-37/h4-16,19-29H,17-18H2,1-3H3. The predicted octanol–water partition coefficient (Wildman–Crippen LogP) is 12.2. The summed E-state index contributed by atoms with van der Waals surface area (Å²) in [4.78, 5) is 4.32. The van der Waals surface area contributed by atoms with Gasteiger partial charge in [0, 0.05) is 18.0 Å². The maximum atomic E-state index is 4.32. The summed E-state index contributed by atoms with van der Waals surface area (Å²) in [6.45, 7) is 6.83. The Balaban J connectivity index is 1.23. The van der Waals surface area contributed by atoms with Gasteiger partial charge in [-0.05, 0) is 108 Å². The summed E-state index contributed by atoms with van der Waals surface area (Å²) in [6.07, 6.45) is 8.21. The van der Waals surface area contributed by atoms with Gasteiger partial charge in [0.15, 0.2) is 0 Å². The summed E-state index contributed by atoms with van der Waals surface area (Å²) in [6, 6.07) is 47.2. The lowest BCUT2D eigenvalue weighted by molar-refractivity contribution is 0.590. The second kappa shape index (κ2) is 11.3. The Labute approximate surface area is 271 Å². The summed E-state index contributed by atoms with van der Waals surface area (Å²) in [5, 5.41) is 5.20. The molecular weight excluding hydrogens is 555 g/mol. The van der Waals surface area contributed by atoms with Gasteiger partial charge in [-0.15, -0.1) is 0 Å². The van der Waals surface area contributed by atoms with Crippen LogP contribution in [0, 0.1) is 0 Å². The number of hydrogen-bond acceptors (Lipinski definition) is 1. The van der Waals surface area contributed by atoms with Crippen LogP contribution in [0.15, 0.2) is 140 Å². The van der Waals surface area contributed by atoms with E-state index in [4.69, 9.17) is 0 Å². The first kappa shape index (κ1) is 28.2. The van der Waals surface area contributed by atoms with E-state index in [0.717, 1.165) is 18.4 Å². The summed E-state index contributed by atoms with van der Waals surface area (Å²) in [7, 11) is 0. The Bertz CT molecular complexity index is 2210. The van der Waals surface area contributed by atoms with Crippen LogP contribution in [-0.4, -0.2) is 4.98 Å². The number of allylic oxidation sites excluding steroid dienone is 1. The van der Waals surface area contributed by atoms with E-state index in [1.54, 1.807) is 0 Å². The van der Waals surface area contributed by atoms with Gasteiger partial charge in [-0.25, -0.2) is 0 Å². The van der Waals surface area contributed by atoms with Crippen molar-refractivity contribution in [3.63, 3.8) is 0 Å². The molecule has 1 aliphatic rings. The molecule has 0 spiro atoms. The van der Waals surface area contributed by atoms with Gasteiger partial charge in [0.1, 0.15) is 0 Å². The molecule has 6 aromatic carbocycles. The minimum Gasteiger partial charge on any atom is -0.264 e. The first-order valence-corrected chi connectivity index (χ1v) is 16.3. The number of hydrogen-bond donors (Lipinski definition) is 0. The molecule has 0 atom stereocenters. The van der Waals surface area contributed by atoms with Crippen LogP contribution >= 0.6 is 0 Å². The molecule has 0 N–H and O–H groups in total. The molecule has 46 heavy (non-hydrogen) atoms. The smallest absolute Gasteiger partial charge is 0.0346 e. The molecule has 7 aromatic rings. The largest absolute Gasteiger partial charge is 0.264 e. The zero-order valence-electron chi connectivity index (χ0n) is 26.7. The van der Waals surface area contributed by atoms with Gasteiger partial charge in [0.2, 0.25) is 0 Å². The molecule has 0 radical (unpaired) electrons. The number of benzene rings is 6. The third-order valence-corrected chi connectivity index (χ3v) is 9.62. The van der Waals surface area contributed by atoms with Gasteiger partial charge in [0.25, 0.3) is 0 Å². The minimum atomic E-state index is 0.124. The third kappa shape index (κ3) is 5.03. The Hall–Kier alpha value is -5.27. The number of rotatable bonds is 4. The van der Waals surface area contributed by atoms with Crippen LogP contribution in [0.25, 0.3) is 66.6 Å². The molecule has 0 amide bonds. The highest BCUT2D eigenvalue weighted by Crippen LogP contribution is 2.45. The fourth-order valence-corrected chi connectivity index (χ4v) is 7.19. The molecule has 1 heterocycles. The lowest BCUT2D eigenvalue weighted by Crippen LogP contribution is -2.10. The van der Waals surface area contributed by atoms with Crippen LogP contribution < -0.4 is 0 Å². The monoisotopic (exact) mass is 591 g/mol. The SMILES string of the molecule is CC(C)(C)c1ccc(-c2c3ccccc3c(-c3ccc4c(c3)CCC(c3cccc(-c5cccnc5)c3)=C4)c3ccccc23)cc1. The maximum Gasteiger partial charge on any atom is 0.0346 e. The average molecular weight is 592 g/mol. The molecule has 0 saturated carbocycles. The molecule has 0 saturated heterocycles. The van der Waals surface area contributed by atoms with E-state index >= 15 is 0 Å². The molecule has 1 nitrogen and oxygen atoms in total. The van der Waals surface area contributed by atoms with Crippen LogP contribution in [0.5, 0.6) is 0 Å². The van der Waals surface area contributed by atoms with E-state index in [2.05, 4.69) is 153 Å². The van der Waals surface area contributed by atoms with Crippen molar-refractivity contribution >= 4 is 33.2 Å². The summed E-state index contributed by atoms with van der Waals surface area (Å²) >= 11 is 0. The van der Waals surface area contributed by atoms with Crippen molar-refractivity contribution in [1.29, 1.82) is 0 Å². The third-order valence-electron chi connectivity index (χ3n) is 9.62. The van der Waals surface area contributed by atoms with E-state index in [0.29, 0.717) is 0 Å². The second-order valence-corrected chi connectivity index (χ2v) is 13.6. The van der Waals surface area contributed by atoms with Crippen molar-refractivity contribution < 1.29 is 0 Å². The molecule has 0 unspecified atom stereocenters. The molecule has 0 bridgehead atoms. The van der Waals surface area contributed by atoms with Crippen molar-refractivity contribution in [2.75, 3.05) is 0 Å². The molecule has 0 aliphatic heterocycles. The highest BCUT2D eigenvalue weighted by atomic mass is 14.6. The van der Waals surface area contributed by atoms with Crippen molar-refractivity contribution in [3.8, 4) is 33.4 Å². The van der Waals surface area contributed by atoms with Gasteiger partial charge in [-0.3, -0.25) is 4.98 Å². The lowest BCUT2D eigenvalue weighted by atomic mass is 9.82. The second-order valence-electron chi connectivity index (χ2n) is 13.6. The van der Waals surface area contributed by atoms with Crippen molar-refractivity contribution in [3.05, 3.63) is 162 Å². The van der Waals surface area contributed by atoms with Crippen LogP contribution in [0.4, 0.5) is 0 Å². The van der Waals surface area contributed by atoms with Crippen LogP contribution in [-0.2, 0) is 11.8 Å². The maximum absolute atomic E-state index is 4.32. The van der Waals surface area contributed by atoms with Crippen molar-refractivity contribution in [2.45, 2.75) is 39.0 Å². The number of pyridine rings is 1. The zero-order chi connectivity index (χ0) is 31.3. The molecule has 1 aliphatic carbocycles. The van der Waals surface area contributed by atoms with E-state index in [-0.39, 0.29) is 5.41 Å². The van der Waals surface area contributed by atoms with Gasteiger partial charge < -0.3 is 0 Å². The number of aromatic nitrogens is 1. The summed E-state index contributed by atoms with van der Waals surface area (Å²) < 4.78 is 0. The molecule has 0 fully saturated rings. The Morgan fingerprint density at radius 1 is 0.500 bits per heavy atom. The van der Waals surface area contributed by atoms with E-state index in [9.17, 15) is 0 Å².